The Bertz CT molecular complexity index is 794. The summed E-state index contributed by atoms with van der Waals surface area (Å²) in [6.07, 6.45) is 3.23. The highest BCUT2D eigenvalue weighted by molar-refractivity contribution is 8.00. The first-order valence-electron chi connectivity index (χ1n) is 8.33. The summed E-state index contributed by atoms with van der Waals surface area (Å²) in [4.78, 5) is 12.9. The van der Waals surface area contributed by atoms with Crippen LogP contribution in [0.4, 0.5) is 0 Å². The Morgan fingerprint density at radius 1 is 1.22 bits per heavy atom. The van der Waals surface area contributed by atoms with Crippen LogP contribution in [0.1, 0.15) is 12.5 Å². The number of hydrogen-bond donors (Lipinski definition) is 1. The van der Waals surface area contributed by atoms with Crippen LogP contribution in [-0.2, 0) is 4.79 Å². The van der Waals surface area contributed by atoms with Crippen molar-refractivity contribution in [2.24, 2.45) is 5.10 Å². The summed E-state index contributed by atoms with van der Waals surface area (Å²) < 4.78 is 11.1. The van der Waals surface area contributed by atoms with Crippen LogP contribution in [0.25, 0.3) is 0 Å². The Morgan fingerprint density at radius 3 is 2.70 bits per heavy atom. The average Bonchev–Trinajstić information content (AvgIpc) is 2.67. The Morgan fingerprint density at radius 2 is 2.00 bits per heavy atom. The molecule has 2 aromatic rings. The molecule has 0 aromatic heterocycles. The maximum absolute atomic E-state index is 11.9. The molecule has 0 unspecified atom stereocenters. The summed E-state index contributed by atoms with van der Waals surface area (Å²) >= 11 is 7.25. The van der Waals surface area contributed by atoms with E-state index in [4.69, 9.17) is 21.1 Å². The van der Waals surface area contributed by atoms with Gasteiger partial charge in [-0.1, -0.05) is 24.3 Å². The molecule has 0 saturated heterocycles. The Labute approximate surface area is 168 Å². The highest BCUT2D eigenvalue weighted by Gasteiger charge is 2.06. The molecule has 5 nitrogen and oxygen atoms in total. The van der Waals surface area contributed by atoms with Crippen LogP contribution in [-0.4, -0.2) is 31.1 Å². The molecule has 0 heterocycles. The van der Waals surface area contributed by atoms with Gasteiger partial charge in [0.1, 0.15) is 6.61 Å². The maximum atomic E-state index is 11.9. The van der Waals surface area contributed by atoms with Gasteiger partial charge in [-0.15, -0.1) is 11.8 Å². The molecule has 0 aliphatic rings. The molecular weight excluding hydrogens is 384 g/mol. The second-order valence-electron chi connectivity index (χ2n) is 5.27. The van der Waals surface area contributed by atoms with Crippen molar-refractivity contribution in [3.63, 3.8) is 0 Å². The third-order valence-corrected chi connectivity index (χ3v) is 4.47. The largest absolute Gasteiger partial charge is 0.490 e. The van der Waals surface area contributed by atoms with Crippen LogP contribution in [0, 0.1) is 0 Å². The molecule has 1 N–H and O–H groups in total. The minimum absolute atomic E-state index is 0.192. The van der Waals surface area contributed by atoms with Crippen molar-refractivity contribution in [1.82, 2.24) is 5.43 Å². The van der Waals surface area contributed by atoms with Gasteiger partial charge in [0.15, 0.2) is 11.5 Å². The summed E-state index contributed by atoms with van der Waals surface area (Å²) in [6.45, 7) is 6.44. The van der Waals surface area contributed by atoms with E-state index in [1.165, 1.54) is 11.8 Å². The maximum Gasteiger partial charge on any atom is 0.250 e. The van der Waals surface area contributed by atoms with Crippen molar-refractivity contribution in [2.45, 2.75) is 11.8 Å². The lowest BCUT2D eigenvalue weighted by Crippen LogP contribution is -2.19. The minimum atomic E-state index is -0.192. The van der Waals surface area contributed by atoms with Crippen molar-refractivity contribution in [2.75, 3.05) is 19.0 Å². The standard InChI is InChI=1S/C20H21ClN2O3S/c1-3-11-26-18-10-5-15(12-19(18)25-4-2)13-22-23-20(24)14-27-17-8-6-16(21)7-9-17/h3,5-10,12-13H,1,4,11,14H2,2H3,(H,23,24)/b22-13-. The van der Waals surface area contributed by atoms with Crippen molar-refractivity contribution in [3.8, 4) is 11.5 Å². The highest BCUT2D eigenvalue weighted by atomic mass is 35.5. The monoisotopic (exact) mass is 404 g/mol. The van der Waals surface area contributed by atoms with E-state index >= 15 is 0 Å². The molecule has 0 aliphatic heterocycles. The van der Waals surface area contributed by atoms with Gasteiger partial charge in [-0.2, -0.15) is 5.10 Å². The third kappa shape index (κ3) is 7.37. The molecule has 0 spiro atoms. The first-order chi connectivity index (χ1) is 13.1. The lowest BCUT2D eigenvalue weighted by molar-refractivity contribution is -0.118. The van der Waals surface area contributed by atoms with Crippen molar-refractivity contribution in [1.29, 1.82) is 0 Å². The van der Waals surface area contributed by atoms with E-state index in [1.54, 1.807) is 36.6 Å². The molecule has 0 fully saturated rings. The van der Waals surface area contributed by atoms with Gasteiger partial charge in [-0.25, -0.2) is 5.43 Å². The summed E-state index contributed by atoms with van der Waals surface area (Å²) in [5, 5.41) is 4.66. The molecule has 27 heavy (non-hydrogen) atoms. The lowest BCUT2D eigenvalue weighted by Gasteiger charge is -2.11. The molecule has 0 aliphatic carbocycles. The summed E-state index contributed by atoms with van der Waals surface area (Å²) in [7, 11) is 0. The summed E-state index contributed by atoms with van der Waals surface area (Å²) in [6, 6.07) is 12.8. The van der Waals surface area contributed by atoms with E-state index in [-0.39, 0.29) is 11.7 Å². The predicted molar refractivity (Wildman–Crippen MR) is 111 cm³/mol. The van der Waals surface area contributed by atoms with E-state index in [1.807, 2.05) is 25.1 Å². The number of carbonyl (C=O) groups is 1. The average molecular weight is 405 g/mol. The van der Waals surface area contributed by atoms with E-state index in [0.717, 1.165) is 10.5 Å². The van der Waals surface area contributed by atoms with E-state index in [0.29, 0.717) is 29.7 Å². The highest BCUT2D eigenvalue weighted by Crippen LogP contribution is 2.28. The Kier molecular flexibility index (Phi) is 8.74. The number of hydrogen-bond acceptors (Lipinski definition) is 5. The molecule has 142 valence electrons. The number of hydrazone groups is 1. The van der Waals surface area contributed by atoms with Gasteiger partial charge < -0.3 is 9.47 Å². The number of carbonyl (C=O) groups excluding carboxylic acids is 1. The minimum Gasteiger partial charge on any atom is -0.490 e. The molecular formula is C20H21ClN2O3S. The number of ether oxygens (including phenoxy) is 2. The fourth-order valence-corrected chi connectivity index (χ4v) is 2.85. The third-order valence-electron chi connectivity index (χ3n) is 3.21. The number of amides is 1. The van der Waals surface area contributed by atoms with Gasteiger partial charge in [0.05, 0.1) is 18.6 Å². The van der Waals surface area contributed by atoms with Crippen molar-refractivity contribution >= 4 is 35.5 Å². The number of thioether (sulfide) groups is 1. The van der Waals surface area contributed by atoms with Crippen molar-refractivity contribution in [3.05, 3.63) is 65.7 Å². The van der Waals surface area contributed by atoms with Crippen LogP contribution in [0.3, 0.4) is 0 Å². The number of rotatable bonds is 10. The molecule has 0 saturated carbocycles. The van der Waals surface area contributed by atoms with Crippen molar-refractivity contribution < 1.29 is 14.3 Å². The second kappa shape index (κ2) is 11.3. The van der Waals surface area contributed by atoms with E-state index < -0.39 is 0 Å². The van der Waals surface area contributed by atoms with Crippen LogP contribution in [0.5, 0.6) is 11.5 Å². The summed E-state index contributed by atoms with van der Waals surface area (Å²) in [5.41, 5.74) is 3.30. The first kappa shape index (κ1) is 20.9. The van der Waals surface area contributed by atoms with Crippen LogP contribution in [0.2, 0.25) is 5.02 Å². The van der Waals surface area contributed by atoms with Gasteiger partial charge in [0, 0.05) is 9.92 Å². The number of halogens is 1. The van der Waals surface area contributed by atoms with Gasteiger partial charge in [-0.3, -0.25) is 4.79 Å². The quantitative estimate of drug-likeness (QED) is 0.273. The van der Waals surface area contributed by atoms with Gasteiger partial charge in [-0.05, 0) is 55.0 Å². The molecule has 0 bridgehead atoms. The molecule has 1 amide bonds. The smallest absolute Gasteiger partial charge is 0.250 e. The van der Waals surface area contributed by atoms with E-state index in [9.17, 15) is 4.79 Å². The van der Waals surface area contributed by atoms with Crippen LogP contribution < -0.4 is 14.9 Å². The lowest BCUT2D eigenvalue weighted by atomic mass is 10.2. The topological polar surface area (TPSA) is 59.9 Å². The molecule has 0 atom stereocenters. The fraction of sp³-hybridized carbons (Fsp3) is 0.200. The van der Waals surface area contributed by atoms with Gasteiger partial charge in [0.25, 0.3) is 0 Å². The Balaban J connectivity index is 1.88. The van der Waals surface area contributed by atoms with Gasteiger partial charge in [0.2, 0.25) is 5.91 Å². The SMILES string of the molecule is C=CCOc1ccc(/C=N\NC(=O)CSc2ccc(Cl)cc2)cc1OCC. The Hall–Kier alpha value is -2.44. The fourth-order valence-electron chi connectivity index (χ4n) is 2.03. The number of nitrogens with one attached hydrogen (secondary N) is 1. The second-order valence-corrected chi connectivity index (χ2v) is 6.76. The molecule has 0 radical (unpaired) electrons. The molecule has 2 rings (SSSR count). The van der Waals surface area contributed by atoms with Crippen LogP contribution in [0.15, 0.2) is 65.1 Å². The van der Waals surface area contributed by atoms with Crippen LogP contribution >= 0.6 is 23.4 Å². The zero-order valence-electron chi connectivity index (χ0n) is 15.0. The zero-order chi connectivity index (χ0) is 19.5. The van der Waals surface area contributed by atoms with Gasteiger partial charge >= 0.3 is 0 Å². The molecule has 2 aromatic carbocycles. The predicted octanol–water partition coefficient (Wildman–Crippen LogP) is 4.55. The number of nitrogens with zero attached hydrogens (tertiary/aromatic N) is 1. The first-order valence-corrected chi connectivity index (χ1v) is 9.69. The number of benzene rings is 2. The normalized spacial score (nSPS) is 10.6. The summed E-state index contributed by atoms with van der Waals surface area (Å²) in [5.74, 6) is 1.32. The molecule has 7 heteroatoms. The zero-order valence-corrected chi connectivity index (χ0v) is 16.6. The van der Waals surface area contributed by atoms with E-state index in [2.05, 4.69) is 17.1 Å².